The van der Waals surface area contributed by atoms with Crippen molar-refractivity contribution >= 4 is 5.97 Å². The molecule has 0 aliphatic heterocycles. The molecule has 0 radical (unpaired) electrons. The van der Waals surface area contributed by atoms with Crippen molar-refractivity contribution in [2.45, 2.75) is 19.3 Å². The van der Waals surface area contributed by atoms with Crippen molar-refractivity contribution in [1.82, 2.24) is 0 Å². The molecule has 3 nitrogen and oxygen atoms in total. The van der Waals surface area contributed by atoms with Gasteiger partial charge in [0.25, 0.3) is 0 Å². The summed E-state index contributed by atoms with van der Waals surface area (Å²) in [6.45, 7) is 0.334. The van der Waals surface area contributed by atoms with Crippen molar-refractivity contribution < 1.29 is 18.7 Å². The van der Waals surface area contributed by atoms with Crippen LogP contribution in [0.2, 0.25) is 0 Å². The summed E-state index contributed by atoms with van der Waals surface area (Å²) in [6.07, 6.45) is 1.62. The summed E-state index contributed by atoms with van der Waals surface area (Å²) in [5, 5.41) is 0. The lowest BCUT2D eigenvalue weighted by molar-refractivity contribution is -0.143. The van der Waals surface area contributed by atoms with Crippen molar-refractivity contribution in [2.75, 3.05) is 13.7 Å². The van der Waals surface area contributed by atoms with Gasteiger partial charge in [-0.2, -0.15) is 0 Å². The number of halogens is 1. The van der Waals surface area contributed by atoms with Gasteiger partial charge < -0.3 is 9.47 Å². The topological polar surface area (TPSA) is 35.5 Å². The number of hydrogen-bond donors (Lipinski definition) is 0. The van der Waals surface area contributed by atoms with E-state index in [1.807, 2.05) is 54.6 Å². The molecular weight excluding hydrogens is 355 g/mol. The summed E-state index contributed by atoms with van der Waals surface area (Å²) in [5.41, 5.74) is 3.53. The van der Waals surface area contributed by atoms with E-state index in [9.17, 15) is 9.18 Å². The lowest BCUT2D eigenvalue weighted by Crippen LogP contribution is -2.08. The second-order valence-corrected chi connectivity index (χ2v) is 6.50. The summed E-state index contributed by atoms with van der Waals surface area (Å²) in [5.74, 6) is 0.354. The third kappa shape index (κ3) is 5.43. The molecule has 144 valence electrons. The van der Waals surface area contributed by atoms with Crippen LogP contribution >= 0.6 is 0 Å². The maximum absolute atomic E-state index is 13.8. The Balaban J connectivity index is 1.43. The van der Waals surface area contributed by atoms with Crippen molar-refractivity contribution in [3.63, 3.8) is 0 Å². The largest absolute Gasteiger partial charge is 0.497 e. The fraction of sp³-hybridized carbons (Fsp3) is 0.208. The third-order valence-corrected chi connectivity index (χ3v) is 4.57. The van der Waals surface area contributed by atoms with Crippen LogP contribution in [0.15, 0.2) is 72.8 Å². The monoisotopic (exact) mass is 378 g/mol. The SMILES string of the molecule is COc1ccc(CCC(=O)OCCc2ccc(-c3ccccc3F)cc2)cc1. The van der Waals surface area contributed by atoms with Gasteiger partial charge in [0.15, 0.2) is 0 Å². The highest BCUT2D eigenvalue weighted by Crippen LogP contribution is 2.22. The Morgan fingerprint density at radius 2 is 1.50 bits per heavy atom. The van der Waals surface area contributed by atoms with E-state index >= 15 is 0 Å². The second kappa shape index (κ2) is 9.70. The summed E-state index contributed by atoms with van der Waals surface area (Å²) >= 11 is 0. The van der Waals surface area contributed by atoms with Gasteiger partial charge in [0, 0.05) is 18.4 Å². The number of carbonyl (C=O) groups is 1. The molecule has 0 fully saturated rings. The molecular formula is C24H23FO3. The molecule has 0 N–H and O–H groups in total. The number of benzene rings is 3. The molecule has 3 aromatic carbocycles. The average molecular weight is 378 g/mol. The van der Waals surface area contributed by atoms with Crippen LogP contribution < -0.4 is 4.74 Å². The van der Waals surface area contributed by atoms with Crippen LogP contribution in [0.25, 0.3) is 11.1 Å². The zero-order valence-corrected chi connectivity index (χ0v) is 15.9. The quantitative estimate of drug-likeness (QED) is 0.504. The predicted octanol–water partition coefficient (Wildman–Crippen LogP) is 5.22. The summed E-state index contributed by atoms with van der Waals surface area (Å²) in [4.78, 5) is 11.9. The Hall–Kier alpha value is -3.14. The Morgan fingerprint density at radius 3 is 2.18 bits per heavy atom. The predicted molar refractivity (Wildman–Crippen MR) is 108 cm³/mol. The van der Waals surface area contributed by atoms with Crippen molar-refractivity contribution in [3.05, 3.63) is 89.7 Å². The van der Waals surface area contributed by atoms with E-state index in [2.05, 4.69) is 0 Å². The van der Waals surface area contributed by atoms with Gasteiger partial charge in [0.1, 0.15) is 11.6 Å². The first-order valence-electron chi connectivity index (χ1n) is 9.28. The second-order valence-electron chi connectivity index (χ2n) is 6.50. The fourth-order valence-corrected chi connectivity index (χ4v) is 2.94. The highest BCUT2D eigenvalue weighted by atomic mass is 19.1. The van der Waals surface area contributed by atoms with Gasteiger partial charge >= 0.3 is 5.97 Å². The van der Waals surface area contributed by atoms with Gasteiger partial charge in [-0.25, -0.2) is 4.39 Å². The molecule has 0 unspecified atom stereocenters. The van der Waals surface area contributed by atoms with Gasteiger partial charge in [-0.15, -0.1) is 0 Å². The fourth-order valence-electron chi connectivity index (χ4n) is 2.94. The van der Waals surface area contributed by atoms with Crippen LogP contribution in [0.5, 0.6) is 5.75 Å². The molecule has 0 atom stereocenters. The summed E-state index contributed by atoms with van der Waals surface area (Å²) in [7, 11) is 1.62. The summed E-state index contributed by atoms with van der Waals surface area (Å²) in [6, 6.07) is 22.0. The highest BCUT2D eigenvalue weighted by molar-refractivity contribution is 5.69. The van der Waals surface area contributed by atoms with E-state index in [0.717, 1.165) is 22.4 Å². The van der Waals surface area contributed by atoms with E-state index in [1.54, 1.807) is 19.2 Å². The van der Waals surface area contributed by atoms with Crippen LogP contribution in [0, 0.1) is 5.82 Å². The maximum atomic E-state index is 13.8. The molecule has 0 aliphatic rings. The normalized spacial score (nSPS) is 10.5. The number of esters is 1. The number of ether oxygens (including phenoxy) is 2. The van der Waals surface area contributed by atoms with E-state index in [0.29, 0.717) is 31.4 Å². The first kappa shape index (κ1) is 19.6. The Morgan fingerprint density at radius 1 is 0.857 bits per heavy atom. The molecule has 0 amide bonds. The average Bonchev–Trinajstić information content (AvgIpc) is 2.73. The van der Waals surface area contributed by atoms with Crippen LogP contribution in [0.4, 0.5) is 4.39 Å². The minimum atomic E-state index is -0.235. The highest BCUT2D eigenvalue weighted by Gasteiger charge is 2.06. The van der Waals surface area contributed by atoms with Gasteiger partial charge in [-0.3, -0.25) is 4.79 Å². The minimum absolute atomic E-state index is 0.209. The lowest BCUT2D eigenvalue weighted by atomic mass is 10.0. The molecule has 0 saturated heterocycles. The zero-order valence-electron chi connectivity index (χ0n) is 15.9. The molecule has 0 heterocycles. The molecule has 4 heteroatoms. The molecule has 0 spiro atoms. The smallest absolute Gasteiger partial charge is 0.306 e. The molecule has 0 aromatic heterocycles. The first-order chi connectivity index (χ1) is 13.7. The van der Waals surface area contributed by atoms with Gasteiger partial charge in [-0.05, 0) is 41.3 Å². The molecule has 3 rings (SSSR count). The van der Waals surface area contributed by atoms with Crippen molar-refractivity contribution in [2.24, 2.45) is 0 Å². The lowest BCUT2D eigenvalue weighted by Gasteiger charge is -2.07. The molecule has 0 saturated carbocycles. The Kier molecular flexibility index (Phi) is 6.79. The number of aryl methyl sites for hydroxylation is 1. The van der Waals surface area contributed by atoms with Crippen molar-refractivity contribution in [1.29, 1.82) is 0 Å². The Bertz CT molecular complexity index is 902. The number of hydrogen-bond acceptors (Lipinski definition) is 3. The third-order valence-electron chi connectivity index (χ3n) is 4.57. The number of methoxy groups -OCH3 is 1. The standard InChI is InChI=1S/C24H23FO3/c1-27-21-13-8-18(9-14-21)10-15-24(26)28-17-16-19-6-11-20(12-7-19)22-4-2-3-5-23(22)25/h2-9,11-14H,10,15-17H2,1H3. The minimum Gasteiger partial charge on any atom is -0.497 e. The van der Waals surface area contributed by atoms with Crippen LogP contribution in [0.3, 0.4) is 0 Å². The van der Waals surface area contributed by atoms with E-state index < -0.39 is 0 Å². The molecule has 0 aliphatic carbocycles. The first-order valence-corrected chi connectivity index (χ1v) is 9.28. The van der Waals surface area contributed by atoms with E-state index in [-0.39, 0.29) is 11.8 Å². The van der Waals surface area contributed by atoms with Crippen LogP contribution in [-0.2, 0) is 22.4 Å². The van der Waals surface area contributed by atoms with Crippen LogP contribution in [0.1, 0.15) is 17.5 Å². The van der Waals surface area contributed by atoms with Crippen LogP contribution in [-0.4, -0.2) is 19.7 Å². The number of carbonyl (C=O) groups excluding carboxylic acids is 1. The Labute approximate surface area is 164 Å². The van der Waals surface area contributed by atoms with Gasteiger partial charge in [0.05, 0.1) is 13.7 Å². The van der Waals surface area contributed by atoms with E-state index in [1.165, 1.54) is 6.07 Å². The molecule has 3 aromatic rings. The van der Waals surface area contributed by atoms with Gasteiger partial charge in [0.2, 0.25) is 0 Å². The molecule has 28 heavy (non-hydrogen) atoms. The van der Waals surface area contributed by atoms with Crippen molar-refractivity contribution in [3.8, 4) is 16.9 Å². The summed E-state index contributed by atoms with van der Waals surface area (Å²) < 4.78 is 24.3. The van der Waals surface area contributed by atoms with E-state index in [4.69, 9.17) is 9.47 Å². The van der Waals surface area contributed by atoms with Gasteiger partial charge in [-0.1, -0.05) is 54.6 Å². The maximum Gasteiger partial charge on any atom is 0.306 e. The zero-order chi connectivity index (χ0) is 19.8. The molecule has 0 bridgehead atoms. The number of rotatable bonds is 8.